The highest BCUT2D eigenvalue weighted by Gasteiger charge is 2.01. The molecule has 0 spiro atoms. The van der Waals surface area contributed by atoms with Gasteiger partial charge in [-0.15, -0.1) is 6.58 Å². The number of aromatic nitrogens is 1. The highest BCUT2D eigenvalue weighted by Crippen LogP contribution is 2.20. The molecule has 14 heavy (non-hydrogen) atoms. The van der Waals surface area contributed by atoms with E-state index >= 15 is 0 Å². The fourth-order valence-corrected chi connectivity index (χ4v) is 1.12. The van der Waals surface area contributed by atoms with E-state index in [1.54, 1.807) is 12.3 Å². The van der Waals surface area contributed by atoms with Crippen molar-refractivity contribution in [3.8, 4) is 5.75 Å². The lowest BCUT2D eigenvalue weighted by atomic mass is 10.2. The number of hydrogen-bond acceptors (Lipinski definition) is 2. The summed E-state index contributed by atoms with van der Waals surface area (Å²) in [6, 6.07) is 1.73. The molecule has 0 unspecified atom stereocenters. The molecule has 0 radical (unpaired) electrons. The van der Waals surface area contributed by atoms with Gasteiger partial charge < -0.3 is 4.74 Å². The Labute approximate surface area is 89.6 Å². The van der Waals surface area contributed by atoms with E-state index in [1.807, 2.05) is 13.8 Å². The Hall–Kier alpha value is -1.02. The van der Waals surface area contributed by atoms with Crippen LogP contribution >= 0.6 is 11.6 Å². The van der Waals surface area contributed by atoms with Gasteiger partial charge in [-0.25, -0.2) is 4.98 Å². The van der Waals surface area contributed by atoms with Gasteiger partial charge in [0.15, 0.2) is 0 Å². The number of hydrogen-bond donors (Lipinski definition) is 0. The highest BCUT2D eigenvalue weighted by molar-refractivity contribution is 6.29. The Morgan fingerprint density at radius 1 is 1.64 bits per heavy atom. The van der Waals surface area contributed by atoms with Gasteiger partial charge >= 0.3 is 0 Å². The Balaban J connectivity index is 2.57. The molecule has 1 heterocycles. The summed E-state index contributed by atoms with van der Waals surface area (Å²) in [6.07, 6.45) is 2.57. The molecule has 0 fully saturated rings. The second kappa shape index (κ2) is 5.01. The van der Waals surface area contributed by atoms with Crippen LogP contribution in [0.2, 0.25) is 5.15 Å². The van der Waals surface area contributed by atoms with Crippen molar-refractivity contribution in [1.29, 1.82) is 0 Å². The maximum Gasteiger partial charge on any atom is 0.132 e. The summed E-state index contributed by atoms with van der Waals surface area (Å²) in [6.45, 7) is 8.37. The normalized spacial score (nSPS) is 9.93. The second-order valence-electron chi connectivity index (χ2n) is 3.33. The van der Waals surface area contributed by atoms with Gasteiger partial charge in [-0.05, 0) is 13.8 Å². The summed E-state index contributed by atoms with van der Waals surface area (Å²) in [5, 5.41) is 0.459. The summed E-state index contributed by atoms with van der Waals surface area (Å²) in [5.74, 6) is 0.797. The second-order valence-corrected chi connectivity index (χ2v) is 3.72. The van der Waals surface area contributed by atoms with E-state index in [2.05, 4.69) is 11.6 Å². The fourth-order valence-electron chi connectivity index (χ4n) is 0.972. The van der Waals surface area contributed by atoms with Crippen molar-refractivity contribution in [3.05, 3.63) is 35.1 Å². The molecule has 0 amide bonds. The van der Waals surface area contributed by atoms with Crippen LogP contribution < -0.4 is 4.74 Å². The topological polar surface area (TPSA) is 22.1 Å². The number of halogens is 1. The van der Waals surface area contributed by atoms with Crippen LogP contribution in [0, 0.1) is 6.92 Å². The molecule has 0 N–H and O–H groups in total. The van der Waals surface area contributed by atoms with Gasteiger partial charge in [0.05, 0.1) is 6.61 Å². The van der Waals surface area contributed by atoms with Gasteiger partial charge in [0, 0.05) is 24.2 Å². The van der Waals surface area contributed by atoms with Crippen molar-refractivity contribution in [2.75, 3.05) is 6.61 Å². The van der Waals surface area contributed by atoms with Crippen molar-refractivity contribution in [1.82, 2.24) is 4.98 Å². The molecule has 0 aliphatic carbocycles. The highest BCUT2D eigenvalue weighted by atomic mass is 35.5. The number of pyridine rings is 1. The minimum absolute atomic E-state index is 0.459. The van der Waals surface area contributed by atoms with E-state index in [4.69, 9.17) is 16.3 Å². The van der Waals surface area contributed by atoms with Gasteiger partial charge in [0.2, 0.25) is 0 Å². The molecule has 0 aliphatic rings. The number of nitrogens with zero attached hydrogens (tertiary/aromatic N) is 1. The standard InChI is InChI=1S/C11H14ClNO/c1-8(2)4-5-14-10-6-11(12)13-7-9(10)3/h6-7H,1,4-5H2,2-3H3. The maximum absolute atomic E-state index is 5.75. The number of rotatable bonds is 4. The predicted molar refractivity (Wildman–Crippen MR) is 58.9 cm³/mol. The molecule has 0 bridgehead atoms. The summed E-state index contributed by atoms with van der Waals surface area (Å²) in [5.41, 5.74) is 2.11. The smallest absolute Gasteiger partial charge is 0.132 e. The third-order valence-corrected chi connectivity index (χ3v) is 2.01. The van der Waals surface area contributed by atoms with Crippen LogP contribution in [-0.4, -0.2) is 11.6 Å². The van der Waals surface area contributed by atoms with E-state index in [0.29, 0.717) is 11.8 Å². The molecule has 2 nitrogen and oxygen atoms in total. The summed E-state index contributed by atoms with van der Waals surface area (Å²) >= 11 is 5.75. The average molecular weight is 212 g/mol. The molecule has 1 aromatic heterocycles. The first-order valence-electron chi connectivity index (χ1n) is 4.49. The van der Waals surface area contributed by atoms with Crippen molar-refractivity contribution in [3.63, 3.8) is 0 Å². The minimum Gasteiger partial charge on any atom is -0.493 e. The van der Waals surface area contributed by atoms with Crippen LogP contribution in [0.5, 0.6) is 5.75 Å². The summed E-state index contributed by atoms with van der Waals surface area (Å²) in [7, 11) is 0. The first-order valence-corrected chi connectivity index (χ1v) is 4.86. The molecule has 1 rings (SSSR count). The Bertz CT molecular complexity index is 336. The van der Waals surface area contributed by atoms with Gasteiger partial charge in [-0.1, -0.05) is 17.2 Å². The zero-order valence-corrected chi connectivity index (χ0v) is 9.27. The van der Waals surface area contributed by atoms with Crippen LogP contribution in [0.4, 0.5) is 0 Å². The molecule has 0 saturated carbocycles. The largest absolute Gasteiger partial charge is 0.493 e. The van der Waals surface area contributed by atoms with E-state index in [1.165, 1.54) is 0 Å². The molecule has 76 valence electrons. The van der Waals surface area contributed by atoms with Gasteiger partial charge in [0.25, 0.3) is 0 Å². The van der Waals surface area contributed by atoms with E-state index in [-0.39, 0.29) is 0 Å². The molecule has 1 aromatic rings. The zero-order valence-electron chi connectivity index (χ0n) is 8.51. The minimum atomic E-state index is 0.459. The van der Waals surface area contributed by atoms with E-state index in [0.717, 1.165) is 23.3 Å². The zero-order chi connectivity index (χ0) is 10.6. The Kier molecular flexibility index (Phi) is 3.96. The van der Waals surface area contributed by atoms with Crippen LogP contribution in [0.25, 0.3) is 0 Å². The van der Waals surface area contributed by atoms with Crippen molar-refractivity contribution in [2.45, 2.75) is 20.3 Å². The molecule has 0 aliphatic heterocycles. The molecule has 0 aromatic carbocycles. The van der Waals surface area contributed by atoms with Crippen LogP contribution in [0.15, 0.2) is 24.4 Å². The van der Waals surface area contributed by atoms with E-state index < -0.39 is 0 Å². The lowest BCUT2D eigenvalue weighted by Gasteiger charge is -2.08. The third kappa shape index (κ3) is 3.38. The lowest BCUT2D eigenvalue weighted by Crippen LogP contribution is -1.99. The first kappa shape index (κ1) is 11.1. The molecule has 0 saturated heterocycles. The summed E-state index contributed by atoms with van der Waals surface area (Å²) in [4.78, 5) is 3.95. The van der Waals surface area contributed by atoms with Gasteiger partial charge in [0.1, 0.15) is 10.9 Å². The van der Waals surface area contributed by atoms with Crippen LogP contribution in [-0.2, 0) is 0 Å². The van der Waals surface area contributed by atoms with Crippen LogP contribution in [0.1, 0.15) is 18.9 Å². The van der Waals surface area contributed by atoms with Crippen LogP contribution in [0.3, 0.4) is 0 Å². The Morgan fingerprint density at radius 3 is 3.00 bits per heavy atom. The quantitative estimate of drug-likeness (QED) is 0.563. The predicted octanol–water partition coefficient (Wildman–Crippen LogP) is 3.39. The molecule has 0 atom stereocenters. The van der Waals surface area contributed by atoms with Crippen molar-refractivity contribution < 1.29 is 4.74 Å². The third-order valence-electron chi connectivity index (χ3n) is 1.81. The average Bonchev–Trinajstić information content (AvgIpc) is 2.10. The van der Waals surface area contributed by atoms with Gasteiger partial charge in [-0.3, -0.25) is 0 Å². The maximum atomic E-state index is 5.75. The summed E-state index contributed by atoms with van der Waals surface area (Å²) < 4.78 is 5.54. The van der Waals surface area contributed by atoms with Crippen molar-refractivity contribution >= 4 is 11.6 Å². The fraction of sp³-hybridized carbons (Fsp3) is 0.364. The van der Waals surface area contributed by atoms with E-state index in [9.17, 15) is 0 Å². The first-order chi connectivity index (χ1) is 6.59. The monoisotopic (exact) mass is 211 g/mol. The molecular weight excluding hydrogens is 198 g/mol. The number of aryl methyl sites for hydroxylation is 1. The van der Waals surface area contributed by atoms with Crippen molar-refractivity contribution in [2.24, 2.45) is 0 Å². The molecule has 3 heteroatoms. The SMILES string of the molecule is C=C(C)CCOc1cc(Cl)ncc1C. The van der Waals surface area contributed by atoms with Gasteiger partial charge in [-0.2, -0.15) is 0 Å². The number of ether oxygens (including phenoxy) is 1. The Morgan fingerprint density at radius 2 is 2.36 bits per heavy atom. The lowest BCUT2D eigenvalue weighted by molar-refractivity contribution is 0.319. The molecular formula is C11H14ClNO.